The third-order valence-electron chi connectivity index (χ3n) is 19.1. The van der Waals surface area contributed by atoms with Crippen molar-refractivity contribution in [3.63, 3.8) is 0 Å². The van der Waals surface area contributed by atoms with Crippen molar-refractivity contribution in [1.29, 1.82) is 0 Å². The van der Waals surface area contributed by atoms with E-state index in [4.69, 9.17) is 18.9 Å². The molecule has 0 aromatic heterocycles. The minimum absolute atomic E-state index is 0.134. The van der Waals surface area contributed by atoms with Gasteiger partial charge in [0.2, 0.25) is 0 Å². The maximum Gasteiger partial charge on any atom is 0.0882 e. The van der Waals surface area contributed by atoms with E-state index in [-0.39, 0.29) is 17.6 Å². The van der Waals surface area contributed by atoms with Crippen LogP contribution in [0.3, 0.4) is 0 Å². The van der Waals surface area contributed by atoms with Crippen LogP contribution in [0.5, 0.6) is 0 Å². The molecule has 0 bridgehead atoms. The van der Waals surface area contributed by atoms with Crippen molar-refractivity contribution in [3.8, 4) is 33.4 Å². The number of rotatable bonds is 16. The molecule has 6 unspecified atom stereocenters. The number of hydrogen-bond acceptors (Lipinski definition) is 4. The maximum absolute atomic E-state index is 6.71. The van der Waals surface area contributed by atoms with Crippen LogP contribution in [-0.2, 0) is 60.9 Å². The lowest BCUT2D eigenvalue weighted by molar-refractivity contribution is 0.329. The van der Waals surface area contributed by atoms with Gasteiger partial charge >= 0.3 is 0 Å². The molecule has 4 saturated heterocycles. The van der Waals surface area contributed by atoms with Crippen molar-refractivity contribution in [2.45, 2.75) is 120 Å². The van der Waals surface area contributed by atoms with E-state index in [2.05, 4.69) is 230 Å². The molecular weight excluding hydrogens is 977 g/mol. The fourth-order valence-electron chi connectivity index (χ4n) is 14.7. The molecule has 15 rings (SSSR count). The largest absolute Gasteiger partial charge is 0.373 e. The first-order valence-electron chi connectivity index (χ1n) is 29.4. The molecule has 0 saturated carbocycles. The molecule has 4 aliphatic heterocycles. The van der Waals surface area contributed by atoms with Gasteiger partial charge in [0.15, 0.2) is 0 Å². The monoisotopic (exact) mass is 1050 g/mol. The van der Waals surface area contributed by atoms with Gasteiger partial charge in [-0.25, -0.2) is 0 Å². The highest BCUT2D eigenvalue weighted by molar-refractivity contribution is 5.91. The van der Waals surface area contributed by atoms with Crippen LogP contribution in [0.2, 0.25) is 0 Å². The predicted molar refractivity (Wildman–Crippen MR) is 322 cm³/mol. The lowest BCUT2D eigenvalue weighted by atomic mass is 9.66. The lowest BCUT2D eigenvalue weighted by Crippen LogP contribution is -2.29. The molecule has 4 heterocycles. The first kappa shape index (κ1) is 49.8. The van der Waals surface area contributed by atoms with Crippen molar-refractivity contribution in [1.82, 2.24) is 0 Å². The lowest BCUT2D eigenvalue weighted by Gasteiger charge is -2.35. The van der Waals surface area contributed by atoms with Crippen LogP contribution in [0.1, 0.15) is 115 Å². The zero-order valence-corrected chi connectivity index (χ0v) is 47.1. The number of hydrogen-bond donors (Lipinski definition) is 0. The van der Waals surface area contributed by atoms with Crippen LogP contribution < -0.4 is 0 Å². The van der Waals surface area contributed by atoms with Crippen LogP contribution in [-0.4, -0.2) is 50.3 Å². The highest BCUT2D eigenvalue weighted by Crippen LogP contribution is 2.60. The quantitative estimate of drug-likeness (QED) is 0.0905. The minimum Gasteiger partial charge on any atom is -0.373 e. The Labute approximate surface area is 472 Å². The molecule has 398 valence electrons. The van der Waals surface area contributed by atoms with E-state index in [1.54, 1.807) is 0 Å². The Kier molecular flexibility index (Phi) is 11.8. The van der Waals surface area contributed by atoms with Crippen molar-refractivity contribution in [2.24, 2.45) is 0 Å². The highest BCUT2D eigenvalue weighted by Gasteiger charge is 2.50. The average molecular weight is 1050 g/mol. The molecule has 9 aromatic rings. The first-order valence-corrected chi connectivity index (χ1v) is 29.4. The summed E-state index contributed by atoms with van der Waals surface area (Å²) in [5, 5.41) is 0. The van der Waals surface area contributed by atoms with Crippen LogP contribution in [0.4, 0.5) is 0 Å². The second-order valence-electron chi connectivity index (χ2n) is 25.2. The van der Waals surface area contributed by atoms with Gasteiger partial charge in [-0.15, -0.1) is 0 Å². The summed E-state index contributed by atoms with van der Waals surface area (Å²) in [6, 6.07) is 73.2. The van der Waals surface area contributed by atoms with E-state index >= 15 is 0 Å². The summed E-state index contributed by atoms with van der Waals surface area (Å²) in [7, 11) is 0. The number of fused-ring (bicyclic) bond motifs is 6. The number of benzene rings is 9. The molecule has 0 amide bonds. The van der Waals surface area contributed by atoms with E-state index in [9.17, 15) is 0 Å². The number of ether oxygens (including phenoxy) is 4. The van der Waals surface area contributed by atoms with Crippen LogP contribution in [0.15, 0.2) is 188 Å². The summed E-state index contributed by atoms with van der Waals surface area (Å²) in [4.78, 5) is 0. The molecular formula is C76H70O4. The van der Waals surface area contributed by atoms with Gasteiger partial charge in [0.05, 0.1) is 61.2 Å². The van der Waals surface area contributed by atoms with Gasteiger partial charge in [-0.1, -0.05) is 207 Å². The Morgan fingerprint density at radius 2 is 0.787 bits per heavy atom. The number of aryl methyl sites for hydroxylation is 4. The molecule has 4 nitrogen and oxygen atoms in total. The van der Waals surface area contributed by atoms with Crippen LogP contribution in [0, 0.1) is 27.7 Å². The Hall–Kier alpha value is -7.18. The second kappa shape index (κ2) is 19.0. The summed E-state index contributed by atoms with van der Waals surface area (Å²) in [6.45, 7) is 16.6. The molecule has 4 fully saturated rings. The van der Waals surface area contributed by atoms with E-state index in [0.29, 0.717) is 18.3 Å². The second-order valence-corrected chi connectivity index (χ2v) is 25.2. The van der Waals surface area contributed by atoms with Gasteiger partial charge in [-0.05, 0) is 162 Å². The van der Waals surface area contributed by atoms with E-state index in [1.807, 2.05) is 0 Å². The SMILES string of the molecule is Cc1ccc2c(c1)C(c1ccc(CC3CO3)cc1)(c1ccc(CC3OC3CC(C)(C)c3cc4c(cc3C)C(c3ccc(CC5CO5)cc3)(c3ccc(CC5CO5)cc3)c3cc(C)ccc3-4)cc1)c1cc(C)c(-c3ccccc3)cc1-2. The van der Waals surface area contributed by atoms with Crippen molar-refractivity contribution in [3.05, 3.63) is 283 Å². The van der Waals surface area contributed by atoms with Crippen molar-refractivity contribution in [2.75, 3.05) is 19.8 Å². The van der Waals surface area contributed by atoms with Gasteiger partial charge in [-0.2, -0.15) is 0 Å². The third-order valence-corrected chi connectivity index (χ3v) is 19.1. The van der Waals surface area contributed by atoms with Crippen molar-refractivity contribution >= 4 is 0 Å². The minimum atomic E-state index is -0.495. The molecule has 6 aliphatic rings. The molecule has 0 N–H and O–H groups in total. The normalized spacial score (nSPS) is 23.5. The molecule has 6 atom stereocenters. The number of epoxide rings is 4. The molecule has 80 heavy (non-hydrogen) atoms. The smallest absolute Gasteiger partial charge is 0.0882 e. The fourth-order valence-corrected chi connectivity index (χ4v) is 14.7. The Balaban J connectivity index is 0.742. The van der Waals surface area contributed by atoms with Gasteiger partial charge in [0, 0.05) is 25.7 Å². The zero-order chi connectivity index (χ0) is 54.1. The van der Waals surface area contributed by atoms with E-state index < -0.39 is 10.8 Å². The fraction of sp³-hybridized carbons (Fsp3) is 0.289. The van der Waals surface area contributed by atoms with Gasteiger partial charge in [0.25, 0.3) is 0 Å². The van der Waals surface area contributed by atoms with E-state index in [1.165, 1.54) is 128 Å². The van der Waals surface area contributed by atoms with Gasteiger partial charge in [0.1, 0.15) is 0 Å². The summed E-state index contributed by atoms with van der Waals surface area (Å²) < 4.78 is 23.7. The zero-order valence-electron chi connectivity index (χ0n) is 47.1. The summed E-state index contributed by atoms with van der Waals surface area (Å²) in [5.41, 5.74) is 29.2. The van der Waals surface area contributed by atoms with Crippen LogP contribution in [0.25, 0.3) is 33.4 Å². The molecule has 0 radical (unpaired) electrons. The summed E-state index contributed by atoms with van der Waals surface area (Å²) >= 11 is 0. The summed E-state index contributed by atoms with van der Waals surface area (Å²) in [5.74, 6) is 0. The molecule has 9 aromatic carbocycles. The Morgan fingerprint density at radius 1 is 0.388 bits per heavy atom. The Morgan fingerprint density at radius 3 is 1.23 bits per heavy atom. The topological polar surface area (TPSA) is 50.1 Å². The first-order chi connectivity index (χ1) is 38.9. The predicted octanol–water partition coefficient (Wildman–Crippen LogP) is 15.8. The standard InChI is InChI=1S/C76H70O4/c1-46-12-30-62-65-40-64(54-10-8-7-9-11-54)48(3)34-70(65)75(68(62)32-46,55-22-14-50(15-23-55)36-59-43-77-59)58-28-20-53(21-29-58)39-72-73(80-72)42-74(5,6)67-41-66-63-31-13-47(2)33-69(63)76(71(66)35-49(67)4,56-24-16-51(17-25-56)37-60-44-78-60)57-26-18-52(19-27-57)38-61-45-79-61/h7-35,40-41,59-61,72-73H,36-39,42-45H2,1-6H3. The van der Waals surface area contributed by atoms with E-state index in [0.717, 1.165) is 51.9 Å². The Bertz CT molecular complexity index is 3800. The van der Waals surface area contributed by atoms with Crippen molar-refractivity contribution < 1.29 is 18.9 Å². The highest BCUT2D eigenvalue weighted by atomic mass is 16.6. The average Bonchev–Trinajstić information content (AvgIpc) is 4.34. The van der Waals surface area contributed by atoms with Gasteiger partial charge in [-0.3, -0.25) is 0 Å². The molecule has 2 aliphatic carbocycles. The molecule has 0 spiro atoms. The molecule has 4 heteroatoms. The maximum atomic E-state index is 6.71. The van der Waals surface area contributed by atoms with Crippen LogP contribution >= 0.6 is 0 Å². The third kappa shape index (κ3) is 8.56. The summed E-state index contributed by atoms with van der Waals surface area (Å²) in [6.07, 6.45) is 6.09. The van der Waals surface area contributed by atoms with Gasteiger partial charge < -0.3 is 18.9 Å².